The van der Waals surface area contributed by atoms with Crippen molar-refractivity contribution >= 4 is 0 Å². The zero-order chi connectivity index (χ0) is 9.80. The molecule has 0 unspecified atom stereocenters. The first kappa shape index (κ1) is 9.68. The predicted molar refractivity (Wildman–Crippen MR) is 53.4 cm³/mol. The second kappa shape index (κ2) is 4.57. The molecule has 0 atom stereocenters. The van der Waals surface area contributed by atoms with E-state index in [9.17, 15) is 0 Å². The van der Waals surface area contributed by atoms with Crippen molar-refractivity contribution in [2.45, 2.75) is 38.3 Å². The highest BCUT2D eigenvalue weighted by Crippen LogP contribution is 2.19. The van der Waals surface area contributed by atoms with Crippen LogP contribution in [0.2, 0.25) is 0 Å². The molecule has 78 valence electrons. The lowest BCUT2D eigenvalue weighted by atomic mass is 10.3. The number of hydrogen-bond donors (Lipinski definition) is 1. The van der Waals surface area contributed by atoms with E-state index in [-0.39, 0.29) is 0 Å². The molecule has 0 aliphatic heterocycles. The van der Waals surface area contributed by atoms with Crippen molar-refractivity contribution in [2.24, 2.45) is 7.05 Å². The molecule has 4 heteroatoms. The summed E-state index contributed by atoms with van der Waals surface area (Å²) < 4.78 is 1.99. The summed E-state index contributed by atoms with van der Waals surface area (Å²) in [5.41, 5.74) is 4.15. The Hall–Kier alpha value is -0.870. The molecule has 1 aromatic rings. The molecule has 1 aliphatic carbocycles. The van der Waals surface area contributed by atoms with E-state index in [0.29, 0.717) is 6.10 Å². The van der Waals surface area contributed by atoms with Crippen LogP contribution in [0.1, 0.15) is 31.4 Å². The van der Waals surface area contributed by atoms with E-state index in [0.717, 1.165) is 12.2 Å². The Morgan fingerprint density at radius 1 is 1.57 bits per heavy atom. The van der Waals surface area contributed by atoms with Crippen molar-refractivity contribution in [3.63, 3.8) is 0 Å². The quantitative estimate of drug-likeness (QED) is 0.738. The molecule has 0 spiro atoms. The highest BCUT2D eigenvalue weighted by Gasteiger charge is 2.15. The maximum absolute atomic E-state index is 5.54. The molecule has 0 amide bonds. The number of hydrogen-bond acceptors (Lipinski definition) is 3. The van der Waals surface area contributed by atoms with E-state index >= 15 is 0 Å². The predicted octanol–water partition coefficient (Wildman–Crippen LogP) is 1.38. The van der Waals surface area contributed by atoms with Crippen LogP contribution < -0.4 is 5.48 Å². The van der Waals surface area contributed by atoms with Crippen molar-refractivity contribution in [3.8, 4) is 0 Å². The van der Waals surface area contributed by atoms with Crippen molar-refractivity contribution in [3.05, 3.63) is 18.2 Å². The summed E-state index contributed by atoms with van der Waals surface area (Å²) in [6.45, 7) is 0.729. The van der Waals surface area contributed by atoms with Crippen LogP contribution in [0.15, 0.2) is 12.5 Å². The van der Waals surface area contributed by atoms with Crippen LogP contribution in [0.25, 0.3) is 0 Å². The standard InChI is InChI=1S/C10H17N3O/c1-13-8-11-6-9(13)7-12-14-10-4-2-3-5-10/h6,8,10,12H,2-5,7H2,1H3. The van der Waals surface area contributed by atoms with Crippen molar-refractivity contribution in [1.29, 1.82) is 0 Å². The van der Waals surface area contributed by atoms with Crippen LogP contribution in [0, 0.1) is 0 Å². The summed E-state index contributed by atoms with van der Waals surface area (Å²) >= 11 is 0. The Morgan fingerprint density at radius 2 is 2.36 bits per heavy atom. The number of aryl methyl sites for hydroxylation is 1. The summed E-state index contributed by atoms with van der Waals surface area (Å²) in [5.74, 6) is 0. The lowest BCUT2D eigenvalue weighted by Crippen LogP contribution is -2.22. The van der Waals surface area contributed by atoms with Crippen LogP contribution in [0.4, 0.5) is 0 Å². The molecule has 4 nitrogen and oxygen atoms in total. The Bertz CT molecular complexity index is 279. The van der Waals surface area contributed by atoms with Gasteiger partial charge in [0, 0.05) is 13.2 Å². The van der Waals surface area contributed by atoms with E-state index in [1.165, 1.54) is 25.7 Å². The zero-order valence-corrected chi connectivity index (χ0v) is 8.57. The highest BCUT2D eigenvalue weighted by atomic mass is 16.7. The number of aromatic nitrogens is 2. The van der Waals surface area contributed by atoms with E-state index in [4.69, 9.17) is 4.84 Å². The highest BCUT2D eigenvalue weighted by molar-refractivity contribution is 4.95. The molecule has 2 rings (SSSR count). The van der Waals surface area contributed by atoms with Crippen molar-refractivity contribution in [1.82, 2.24) is 15.0 Å². The topological polar surface area (TPSA) is 39.1 Å². The summed E-state index contributed by atoms with van der Waals surface area (Å²) in [4.78, 5) is 9.58. The van der Waals surface area contributed by atoms with Gasteiger partial charge in [-0.05, 0) is 12.8 Å². The number of nitrogens with one attached hydrogen (secondary N) is 1. The van der Waals surface area contributed by atoms with Crippen LogP contribution in [0.5, 0.6) is 0 Å². The Morgan fingerprint density at radius 3 is 3.00 bits per heavy atom. The molecule has 1 N–H and O–H groups in total. The maximum Gasteiger partial charge on any atom is 0.0945 e. The lowest BCUT2D eigenvalue weighted by Gasteiger charge is -2.11. The molecule has 1 saturated carbocycles. The second-order valence-electron chi connectivity index (χ2n) is 3.84. The molecule has 0 bridgehead atoms. The SMILES string of the molecule is Cn1cncc1CNOC1CCCC1. The van der Waals surface area contributed by atoms with Gasteiger partial charge in [-0.2, -0.15) is 5.48 Å². The fraction of sp³-hybridized carbons (Fsp3) is 0.700. The van der Waals surface area contributed by atoms with Crippen LogP contribution >= 0.6 is 0 Å². The third kappa shape index (κ3) is 2.33. The Kier molecular flexibility index (Phi) is 3.16. The van der Waals surface area contributed by atoms with Gasteiger partial charge in [0.2, 0.25) is 0 Å². The van der Waals surface area contributed by atoms with Crippen LogP contribution in [-0.2, 0) is 18.4 Å². The molecular formula is C10H17N3O. The molecule has 1 heterocycles. The second-order valence-corrected chi connectivity index (χ2v) is 3.84. The summed E-state index contributed by atoms with van der Waals surface area (Å²) in [6, 6.07) is 0. The number of imidazole rings is 1. The van der Waals surface area contributed by atoms with Gasteiger partial charge in [0.1, 0.15) is 0 Å². The summed E-state index contributed by atoms with van der Waals surface area (Å²) in [6.07, 6.45) is 9.06. The van der Waals surface area contributed by atoms with Gasteiger partial charge in [0.05, 0.1) is 24.7 Å². The average molecular weight is 195 g/mol. The molecule has 1 aromatic heterocycles. The average Bonchev–Trinajstić information content (AvgIpc) is 2.78. The van der Waals surface area contributed by atoms with Gasteiger partial charge < -0.3 is 4.57 Å². The molecule has 14 heavy (non-hydrogen) atoms. The largest absolute Gasteiger partial charge is 0.336 e. The molecule has 0 saturated heterocycles. The van der Waals surface area contributed by atoms with Gasteiger partial charge in [0.25, 0.3) is 0 Å². The number of rotatable bonds is 4. The van der Waals surface area contributed by atoms with Gasteiger partial charge >= 0.3 is 0 Å². The molecular weight excluding hydrogens is 178 g/mol. The minimum absolute atomic E-state index is 0.420. The first-order chi connectivity index (χ1) is 6.86. The van der Waals surface area contributed by atoms with Gasteiger partial charge in [-0.25, -0.2) is 4.98 Å². The minimum Gasteiger partial charge on any atom is -0.336 e. The van der Waals surface area contributed by atoms with E-state index in [2.05, 4.69) is 10.5 Å². The Balaban J connectivity index is 1.70. The molecule has 0 radical (unpaired) electrons. The fourth-order valence-corrected chi connectivity index (χ4v) is 1.79. The summed E-state index contributed by atoms with van der Waals surface area (Å²) in [7, 11) is 1.99. The van der Waals surface area contributed by atoms with E-state index in [1.807, 2.05) is 17.8 Å². The monoisotopic (exact) mass is 195 g/mol. The van der Waals surface area contributed by atoms with Crippen molar-refractivity contribution < 1.29 is 4.84 Å². The summed E-state index contributed by atoms with van der Waals surface area (Å²) in [5, 5.41) is 0. The van der Waals surface area contributed by atoms with Crippen molar-refractivity contribution in [2.75, 3.05) is 0 Å². The normalized spacial score (nSPS) is 17.8. The smallest absolute Gasteiger partial charge is 0.0945 e. The first-order valence-electron chi connectivity index (χ1n) is 5.20. The van der Waals surface area contributed by atoms with Gasteiger partial charge in [-0.3, -0.25) is 4.84 Å². The number of hydroxylamine groups is 1. The fourth-order valence-electron chi connectivity index (χ4n) is 1.79. The number of nitrogens with zero attached hydrogens (tertiary/aromatic N) is 2. The third-order valence-corrected chi connectivity index (χ3v) is 2.72. The van der Waals surface area contributed by atoms with Gasteiger partial charge in [-0.15, -0.1) is 0 Å². The third-order valence-electron chi connectivity index (χ3n) is 2.72. The van der Waals surface area contributed by atoms with E-state index < -0.39 is 0 Å². The molecule has 1 fully saturated rings. The minimum atomic E-state index is 0.420. The molecule has 0 aromatic carbocycles. The Labute approximate surface area is 84.2 Å². The van der Waals surface area contributed by atoms with Gasteiger partial charge in [-0.1, -0.05) is 12.8 Å². The lowest BCUT2D eigenvalue weighted by molar-refractivity contribution is -0.0252. The van der Waals surface area contributed by atoms with Crippen LogP contribution in [0.3, 0.4) is 0 Å². The van der Waals surface area contributed by atoms with E-state index in [1.54, 1.807) is 6.33 Å². The first-order valence-corrected chi connectivity index (χ1v) is 5.20. The van der Waals surface area contributed by atoms with Crippen LogP contribution in [-0.4, -0.2) is 15.7 Å². The molecule has 1 aliphatic rings. The zero-order valence-electron chi connectivity index (χ0n) is 8.57. The maximum atomic E-state index is 5.54. The van der Waals surface area contributed by atoms with Gasteiger partial charge in [0.15, 0.2) is 0 Å².